The zero-order valence-corrected chi connectivity index (χ0v) is 17.9. The number of hydrogen-bond acceptors (Lipinski definition) is 4. The number of alkyl carbamates (subject to hydrolysis) is 1. The molecule has 2 aromatic rings. The Labute approximate surface area is 183 Å². The highest BCUT2D eigenvalue weighted by atomic mass is 79.9. The number of primary amides is 1. The van der Waals surface area contributed by atoms with E-state index < -0.39 is 30.0 Å². The van der Waals surface area contributed by atoms with Gasteiger partial charge in [-0.1, -0.05) is 83.2 Å². The first-order chi connectivity index (χ1) is 14.3. The second kappa shape index (κ2) is 11.8. The molecule has 158 valence electrons. The van der Waals surface area contributed by atoms with Crippen molar-refractivity contribution < 1.29 is 19.1 Å². The van der Waals surface area contributed by atoms with E-state index in [2.05, 4.69) is 33.1 Å². The molecule has 0 aliphatic heterocycles. The van der Waals surface area contributed by atoms with Crippen molar-refractivity contribution in [3.8, 4) is 0 Å². The van der Waals surface area contributed by atoms with Gasteiger partial charge in [0.25, 0.3) is 0 Å². The number of rotatable bonds is 10. The minimum atomic E-state index is -0.957. The van der Waals surface area contributed by atoms with Crippen LogP contribution in [0.5, 0.6) is 0 Å². The third-order valence-corrected chi connectivity index (χ3v) is 4.51. The SMILES string of the molecule is C=C(Br)C[C@H](NC(=O)[C@H](Cc1ccccc1)NC(=O)OCc1ccccc1)C(N)=O. The van der Waals surface area contributed by atoms with E-state index >= 15 is 0 Å². The number of carbonyl (C=O) groups excluding carboxylic acids is 3. The normalized spacial score (nSPS) is 12.3. The third kappa shape index (κ3) is 8.08. The van der Waals surface area contributed by atoms with Gasteiger partial charge in [0.15, 0.2) is 0 Å². The molecular formula is C22H24BrN3O4. The number of hydrogen-bond donors (Lipinski definition) is 3. The monoisotopic (exact) mass is 473 g/mol. The lowest BCUT2D eigenvalue weighted by atomic mass is 10.0. The van der Waals surface area contributed by atoms with Gasteiger partial charge in [0.2, 0.25) is 11.8 Å². The van der Waals surface area contributed by atoms with Gasteiger partial charge in [0.1, 0.15) is 18.7 Å². The fourth-order valence-corrected chi connectivity index (χ4v) is 3.01. The first-order valence-corrected chi connectivity index (χ1v) is 10.1. The molecule has 4 N–H and O–H groups in total. The second-order valence-corrected chi connectivity index (χ2v) is 7.75. The minimum absolute atomic E-state index is 0.0691. The third-order valence-electron chi connectivity index (χ3n) is 4.19. The molecule has 0 heterocycles. The van der Waals surface area contributed by atoms with Crippen LogP contribution in [0, 0.1) is 0 Å². The van der Waals surface area contributed by atoms with Gasteiger partial charge < -0.3 is 21.1 Å². The van der Waals surface area contributed by atoms with Crippen LogP contribution in [0.25, 0.3) is 0 Å². The maximum atomic E-state index is 12.8. The summed E-state index contributed by atoms with van der Waals surface area (Å²) < 4.78 is 5.74. The van der Waals surface area contributed by atoms with E-state index in [-0.39, 0.29) is 19.4 Å². The Morgan fingerprint density at radius 1 is 0.933 bits per heavy atom. The molecule has 2 rings (SSSR count). The first kappa shape index (κ1) is 23.2. The Balaban J connectivity index is 2.06. The summed E-state index contributed by atoms with van der Waals surface area (Å²) in [5.41, 5.74) is 7.03. The molecule has 0 aromatic heterocycles. The van der Waals surface area contributed by atoms with Crippen molar-refractivity contribution in [3.63, 3.8) is 0 Å². The molecule has 8 heteroatoms. The molecule has 0 saturated carbocycles. The summed E-state index contributed by atoms with van der Waals surface area (Å²) >= 11 is 3.16. The molecule has 0 unspecified atom stereocenters. The molecule has 0 spiro atoms. The largest absolute Gasteiger partial charge is 0.445 e. The van der Waals surface area contributed by atoms with Crippen LogP contribution >= 0.6 is 15.9 Å². The Morgan fingerprint density at radius 3 is 2.03 bits per heavy atom. The summed E-state index contributed by atoms with van der Waals surface area (Å²) in [7, 11) is 0. The average Bonchev–Trinajstić information content (AvgIpc) is 2.72. The summed E-state index contributed by atoms with van der Waals surface area (Å²) in [4.78, 5) is 36.8. The number of halogens is 1. The molecule has 3 amide bonds. The molecule has 0 aliphatic carbocycles. The molecule has 0 aliphatic rings. The van der Waals surface area contributed by atoms with Gasteiger partial charge in [0, 0.05) is 12.8 Å². The Hall–Kier alpha value is -3.13. The fraction of sp³-hybridized carbons (Fsp3) is 0.227. The maximum absolute atomic E-state index is 12.8. The highest BCUT2D eigenvalue weighted by Gasteiger charge is 2.26. The number of carbonyl (C=O) groups is 3. The van der Waals surface area contributed by atoms with Crippen molar-refractivity contribution in [1.82, 2.24) is 10.6 Å². The molecule has 2 aromatic carbocycles. The van der Waals surface area contributed by atoms with Gasteiger partial charge in [-0.05, 0) is 15.6 Å². The van der Waals surface area contributed by atoms with E-state index in [1.165, 1.54) is 0 Å². The van der Waals surface area contributed by atoms with E-state index in [0.29, 0.717) is 4.48 Å². The Morgan fingerprint density at radius 2 is 1.50 bits per heavy atom. The second-order valence-electron chi connectivity index (χ2n) is 6.63. The lowest BCUT2D eigenvalue weighted by molar-refractivity contribution is -0.128. The van der Waals surface area contributed by atoms with E-state index in [1.54, 1.807) is 0 Å². The zero-order valence-electron chi connectivity index (χ0n) is 16.3. The predicted octanol–water partition coefficient (Wildman–Crippen LogP) is 2.79. The number of nitrogens with two attached hydrogens (primary N) is 1. The molecular weight excluding hydrogens is 450 g/mol. The number of benzene rings is 2. The van der Waals surface area contributed by atoms with Crippen LogP contribution in [0.4, 0.5) is 4.79 Å². The van der Waals surface area contributed by atoms with Crippen LogP contribution in [0.15, 0.2) is 71.7 Å². The number of ether oxygens (including phenoxy) is 1. The summed E-state index contributed by atoms with van der Waals surface area (Å²) in [5, 5.41) is 5.15. The fourth-order valence-electron chi connectivity index (χ4n) is 2.68. The van der Waals surface area contributed by atoms with Crippen LogP contribution in [-0.4, -0.2) is 30.0 Å². The van der Waals surface area contributed by atoms with Gasteiger partial charge in [-0.3, -0.25) is 9.59 Å². The van der Waals surface area contributed by atoms with Crippen molar-refractivity contribution in [3.05, 3.63) is 82.9 Å². The summed E-state index contributed by atoms with van der Waals surface area (Å²) in [5.74, 6) is -1.25. The van der Waals surface area contributed by atoms with Crippen LogP contribution in [0.2, 0.25) is 0 Å². The zero-order chi connectivity index (χ0) is 21.9. The standard InChI is InChI=1S/C22H24BrN3O4/c1-15(23)12-18(20(24)27)25-21(28)19(13-16-8-4-2-5-9-16)26-22(29)30-14-17-10-6-3-7-11-17/h2-11,18-19H,1,12-14H2,(H2,24,27)(H,25,28)(H,26,29)/t18-,19-/m0/s1. The van der Waals surface area contributed by atoms with E-state index in [4.69, 9.17) is 10.5 Å². The van der Waals surface area contributed by atoms with Crippen LogP contribution in [-0.2, 0) is 27.4 Å². The highest BCUT2D eigenvalue weighted by molar-refractivity contribution is 9.11. The maximum Gasteiger partial charge on any atom is 0.408 e. The molecule has 0 radical (unpaired) electrons. The van der Waals surface area contributed by atoms with E-state index in [1.807, 2.05) is 60.7 Å². The summed E-state index contributed by atoms with van der Waals surface area (Å²) in [6.07, 6.45) is -0.388. The molecule has 7 nitrogen and oxygen atoms in total. The van der Waals surface area contributed by atoms with Gasteiger partial charge in [-0.25, -0.2) is 4.79 Å². The van der Waals surface area contributed by atoms with Crippen LogP contribution in [0.1, 0.15) is 17.5 Å². The van der Waals surface area contributed by atoms with Gasteiger partial charge in [0.05, 0.1) is 0 Å². The number of amides is 3. The van der Waals surface area contributed by atoms with Gasteiger partial charge >= 0.3 is 6.09 Å². The summed E-state index contributed by atoms with van der Waals surface area (Å²) in [6.45, 7) is 3.74. The lowest BCUT2D eigenvalue weighted by Gasteiger charge is -2.22. The Bertz CT molecular complexity index is 874. The van der Waals surface area contributed by atoms with Gasteiger partial charge in [-0.2, -0.15) is 0 Å². The van der Waals surface area contributed by atoms with E-state index in [9.17, 15) is 14.4 Å². The highest BCUT2D eigenvalue weighted by Crippen LogP contribution is 2.11. The Kier molecular flexibility index (Phi) is 9.08. The molecule has 30 heavy (non-hydrogen) atoms. The topological polar surface area (TPSA) is 111 Å². The quantitative estimate of drug-likeness (QED) is 0.492. The molecule has 2 atom stereocenters. The van der Waals surface area contributed by atoms with Crippen molar-refractivity contribution in [2.75, 3.05) is 0 Å². The van der Waals surface area contributed by atoms with Crippen molar-refractivity contribution in [2.45, 2.75) is 31.5 Å². The van der Waals surface area contributed by atoms with Crippen LogP contribution < -0.4 is 16.4 Å². The van der Waals surface area contributed by atoms with Crippen LogP contribution in [0.3, 0.4) is 0 Å². The average molecular weight is 474 g/mol. The van der Waals surface area contributed by atoms with Crippen molar-refractivity contribution in [2.24, 2.45) is 5.73 Å². The molecule has 0 fully saturated rings. The van der Waals surface area contributed by atoms with Crippen molar-refractivity contribution in [1.29, 1.82) is 0 Å². The number of nitrogens with one attached hydrogen (secondary N) is 2. The minimum Gasteiger partial charge on any atom is -0.445 e. The van der Waals surface area contributed by atoms with E-state index in [0.717, 1.165) is 11.1 Å². The smallest absolute Gasteiger partial charge is 0.408 e. The van der Waals surface area contributed by atoms with Gasteiger partial charge in [-0.15, -0.1) is 0 Å². The molecule has 0 saturated heterocycles. The van der Waals surface area contributed by atoms with Crippen molar-refractivity contribution >= 4 is 33.8 Å². The first-order valence-electron chi connectivity index (χ1n) is 9.29. The predicted molar refractivity (Wildman–Crippen MR) is 118 cm³/mol. The molecule has 0 bridgehead atoms. The summed E-state index contributed by atoms with van der Waals surface area (Å²) in [6, 6.07) is 16.5. The lowest BCUT2D eigenvalue weighted by Crippen LogP contribution is -2.53.